The van der Waals surface area contributed by atoms with Gasteiger partial charge in [-0.2, -0.15) is 0 Å². The third kappa shape index (κ3) is 7.15. The summed E-state index contributed by atoms with van der Waals surface area (Å²) in [4.78, 5) is 12.5. The highest BCUT2D eigenvalue weighted by Gasteiger charge is 2.45. The maximum atomic E-state index is 12.5. The first kappa shape index (κ1) is 36.3. The monoisotopic (exact) mass is 720 g/mol. The van der Waals surface area contributed by atoms with E-state index < -0.39 is 11.6 Å². The standard InChI is InChI=1S/C47H44O7/c1-46(2,33-13-21-37(50-4)22-14-33)34-15-27-40(28-16-34)54-45(48)53-32-31-52-39-25-19-36(20-26-39)47(35-17-23-38(24-18-35)51-30-29-49-3)43-11-7-5-9-41(43)42-10-6-8-12-44(42)47/h5-28H,29-32H2,1-4H3. The quantitative estimate of drug-likeness (QED) is 0.0629. The van der Waals surface area contributed by atoms with E-state index in [1.807, 2.05) is 48.5 Å². The van der Waals surface area contributed by atoms with Gasteiger partial charge in [-0.25, -0.2) is 4.79 Å². The van der Waals surface area contributed by atoms with Gasteiger partial charge < -0.3 is 28.4 Å². The molecule has 7 nitrogen and oxygen atoms in total. The second-order valence-corrected chi connectivity index (χ2v) is 13.7. The van der Waals surface area contributed by atoms with Crippen LogP contribution in [0.5, 0.6) is 23.0 Å². The number of hydrogen-bond acceptors (Lipinski definition) is 7. The lowest BCUT2D eigenvalue weighted by Gasteiger charge is -2.34. The second kappa shape index (κ2) is 15.9. The van der Waals surface area contributed by atoms with Crippen LogP contribution in [0, 0.1) is 0 Å². The van der Waals surface area contributed by atoms with E-state index in [1.54, 1.807) is 26.4 Å². The molecule has 0 aromatic heterocycles. The molecule has 0 radical (unpaired) electrons. The van der Waals surface area contributed by atoms with Gasteiger partial charge in [-0.15, -0.1) is 0 Å². The maximum Gasteiger partial charge on any atom is 0.513 e. The van der Waals surface area contributed by atoms with E-state index in [0.717, 1.165) is 33.8 Å². The van der Waals surface area contributed by atoms with E-state index in [-0.39, 0.29) is 18.6 Å². The smallest absolute Gasteiger partial charge is 0.497 e. The molecule has 6 aromatic carbocycles. The van der Waals surface area contributed by atoms with Gasteiger partial charge in [-0.1, -0.05) is 111 Å². The van der Waals surface area contributed by atoms with Crippen molar-refractivity contribution < 1.29 is 33.2 Å². The molecule has 54 heavy (non-hydrogen) atoms. The van der Waals surface area contributed by atoms with Crippen molar-refractivity contribution in [3.8, 4) is 34.1 Å². The molecule has 0 saturated heterocycles. The summed E-state index contributed by atoms with van der Waals surface area (Å²) < 4.78 is 33.1. The summed E-state index contributed by atoms with van der Waals surface area (Å²) in [6, 6.07) is 49.2. The number of fused-ring (bicyclic) bond motifs is 3. The van der Waals surface area contributed by atoms with Crippen molar-refractivity contribution in [1.29, 1.82) is 0 Å². The summed E-state index contributed by atoms with van der Waals surface area (Å²) in [6.45, 7) is 5.52. The number of hydrogen-bond donors (Lipinski definition) is 0. The number of ether oxygens (including phenoxy) is 6. The van der Waals surface area contributed by atoms with Gasteiger partial charge in [0.15, 0.2) is 0 Å². The lowest BCUT2D eigenvalue weighted by Crippen LogP contribution is -2.28. The van der Waals surface area contributed by atoms with Crippen molar-refractivity contribution >= 4 is 6.16 Å². The first-order valence-electron chi connectivity index (χ1n) is 18.1. The van der Waals surface area contributed by atoms with E-state index in [2.05, 4.69) is 98.8 Å². The molecule has 0 saturated carbocycles. The fourth-order valence-electron chi connectivity index (χ4n) is 7.39. The fourth-order valence-corrected chi connectivity index (χ4v) is 7.39. The van der Waals surface area contributed by atoms with Crippen molar-refractivity contribution in [2.45, 2.75) is 24.7 Å². The van der Waals surface area contributed by atoms with Gasteiger partial charge in [0.25, 0.3) is 0 Å². The average molecular weight is 721 g/mol. The Bertz CT molecular complexity index is 2130. The van der Waals surface area contributed by atoms with Crippen molar-refractivity contribution in [2.24, 2.45) is 0 Å². The molecule has 0 atom stereocenters. The SMILES string of the molecule is COCCOc1ccc(C2(c3ccc(OCCOC(=O)Oc4ccc(C(C)(C)c5ccc(OC)cc5)cc4)cc3)c3ccccc3-c3ccccc32)cc1. The number of methoxy groups -OCH3 is 2. The number of rotatable bonds is 14. The minimum absolute atomic E-state index is 0.0344. The van der Waals surface area contributed by atoms with Gasteiger partial charge in [-0.3, -0.25) is 0 Å². The highest BCUT2D eigenvalue weighted by molar-refractivity contribution is 5.86. The van der Waals surface area contributed by atoms with Gasteiger partial charge in [-0.05, 0) is 93.0 Å². The third-order valence-corrected chi connectivity index (χ3v) is 10.2. The molecule has 1 aliphatic carbocycles. The van der Waals surface area contributed by atoms with E-state index in [0.29, 0.717) is 24.7 Å². The van der Waals surface area contributed by atoms with Crippen molar-refractivity contribution in [2.75, 3.05) is 40.6 Å². The highest BCUT2D eigenvalue weighted by Crippen LogP contribution is 2.56. The molecule has 0 N–H and O–H groups in total. The average Bonchev–Trinajstić information content (AvgIpc) is 3.51. The van der Waals surface area contributed by atoms with Crippen LogP contribution in [0.4, 0.5) is 4.79 Å². The van der Waals surface area contributed by atoms with Crippen molar-refractivity contribution in [1.82, 2.24) is 0 Å². The van der Waals surface area contributed by atoms with Gasteiger partial charge >= 0.3 is 6.16 Å². The fraction of sp³-hybridized carbons (Fsp3) is 0.213. The van der Waals surface area contributed by atoms with E-state index in [9.17, 15) is 4.79 Å². The summed E-state index contributed by atoms with van der Waals surface area (Å²) in [5.41, 5.74) is 8.54. The molecule has 0 fully saturated rings. The van der Waals surface area contributed by atoms with Crippen LogP contribution in [0.2, 0.25) is 0 Å². The minimum atomic E-state index is -0.785. The molecule has 1 aliphatic rings. The van der Waals surface area contributed by atoms with Crippen LogP contribution in [-0.2, 0) is 20.3 Å². The molecule has 0 spiro atoms. The maximum absolute atomic E-state index is 12.5. The molecule has 0 bridgehead atoms. The topological polar surface area (TPSA) is 72.5 Å². The summed E-state index contributed by atoms with van der Waals surface area (Å²) in [6.07, 6.45) is -0.785. The van der Waals surface area contributed by atoms with E-state index in [4.69, 9.17) is 28.4 Å². The molecule has 7 heteroatoms. The van der Waals surface area contributed by atoms with Crippen LogP contribution in [-0.4, -0.2) is 46.8 Å². The summed E-state index contributed by atoms with van der Waals surface area (Å²) in [5.74, 6) is 2.68. The van der Waals surface area contributed by atoms with Crippen LogP contribution in [0.25, 0.3) is 11.1 Å². The molecule has 0 aliphatic heterocycles. The molecule has 0 amide bonds. The van der Waals surface area contributed by atoms with Gasteiger partial charge in [0.05, 0.1) is 19.1 Å². The molecule has 6 aromatic rings. The van der Waals surface area contributed by atoms with Crippen molar-refractivity contribution in [3.63, 3.8) is 0 Å². The summed E-state index contributed by atoms with van der Waals surface area (Å²) in [7, 11) is 3.32. The largest absolute Gasteiger partial charge is 0.513 e. The molecule has 0 heterocycles. The third-order valence-electron chi connectivity index (χ3n) is 10.2. The van der Waals surface area contributed by atoms with Crippen LogP contribution in [0.3, 0.4) is 0 Å². The summed E-state index contributed by atoms with van der Waals surface area (Å²) >= 11 is 0. The second-order valence-electron chi connectivity index (χ2n) is 13.7. The first-order chi connectivity index (χ1) is 26.3. The Labute approximate surface area is 317 Å². The Morgan fingerprint density at radius 1 is 0.519 bits per heavy atom. The molecule has 274 valence electrons. The predicted molar refractivity (Wildman–Crippen MR) is 210 cm³/mol. The Balaban J connectivity index is 1.01. The highest BCUT2D eigenvalue weighted by atomic mass is 16.7. The van der Waals surface area contributed by atoms with E-state index >= 15 is 0 Å². The first-order valence-corrected chi connectivity index (χ1v) is 18.1. The number of carbonyl (C=O) groups is 1. The Morgan fingerprint density at radius 3 is 1.44 bits per heavy atom. The predicted octanol–water partition coefficient (Wildman–Crippen LogP) is 10.0. The number of carbonyl (C=O) groups excluding carboxylic acids is 1. The van der Waals surface area contributed by atoms with Crippen molar-refractivity contribution in [3.05, 3.63) is 179 Å². The lowest BCUT2D eigenvalue weighted by molar-refractivity contribution is 0.0847. The van der Waals surface area contributed by atoms with Gasteiger partial charge in [0.2, 0.25) is 0 Å². The minimum Gasteiger partial charge on any atom is -0.497 e. The molecular weight excluding hydrogens is 677 g/mol. The number of benzene rings is 6. The molecule has 0 unspecified atom stereocenters. The summed E-state index contributed by atoms with van der Waals surface area (Å²) in [5, 5.41) is 0. The van der Waals surface area contributed by atoms with Crippen LogP contribution in [0.1, 0.15) is 47.2 Å². The Hall–Kier alpha value is -6.05. The van der Waals surface area contributed by atoms with Crippen LogP contribution < -0.4 is 18.9 Å². The zero-order valence-corrected chi connectivity index (χ0v) is 31.0. The zero-order chi connectivity index (χ0) is 37.5. The van der Waals surface area contributed by atoms with Crippen LogP contribution >= 0.6 is 0 Å². The van der Waals surface area contributed by atoms with Crippen LogP contribution in [0.15, 0.2) is 146 Å². The lowest BCUT2D eigenvalue weighted by atomic mass is 9.68. The van der Waals surface area contributed by atoms with E-state index in [1.165, 1.54) is 22.3 Å². The Morgan fingerprint density at radius 2 is 0.963 bits per heavy atom. The molecular formula is C47H44O7. The Kier molecular flexibility index (Phi) is 10.7. The molecule has 7 rings (SSSR count). The van der Waals surface area contributed by atoms with Gasteiger partial charge in [0, 0.05) is 12.5 Å². The van der Waals surface area contributed by atoms with Gasteiger partial charge in [0.1, 0.15) is 42.8 Å². The zero-order valence-electron chi connectivity index (χ0n) is 31.0. The normalized spacial score (nSPS) is 12.7.